The summed E-state index contributed by atoms with van der Waals surface area (Å²) < 4.78 is 24.6. The molecule has 0 fully saturated rings. The molecular weight excluding hydrogens is 455 g/mol. The number of ether oxygens (including phenoxy) is 1. The number of halogens is 1. The van der Waals surface area contributed by atoms with Gasteiger partial charge in [0.1, 0.15) is 11.6 Å². The Kier molecular flexibility index (Phi) is 5.85. The summed E-state index contributed by atoms with van der Waals surface area (Å²) in [4.78, 5) is 20.3. The predicted octanol–water partition coefficient (Wildman–Crippen LogP) is 5.64. The molecule has 4 aromatic rings. The van der Waals surface area contributed by atoms with Crippen LogP contribution in [0.1, 0.15) is 30.0 Å². The fourth-order valence-electron chi connectivity index (χ4n) is 3.95. The fourth-order valence-corrected chi connectivity index (χ4v) is 4.60. The summed E-state index contributed by atoms with van der Waals surface area (Å²) >= 11 is 1.51. The number of aromatic nitrogens is 2. The third-order valence-corrected chi connectivity index (χ3v) is 6.54. The maximum Gasteiger partial charge on any atom is 0.322 e. The number of urea groups is 1. The Balaban J connectivity index is 1.59. The molecule has 2 amide bonds. The van der Waals surface area contributed by atoms with Crippen molar-refractivity contribution in [3.8, 4) is 16.5 Å². The lowest BCUT2D eigenvalue weighted by Crippen LogP contribution is -2.45. The normalized spacial score (nSPS) is 16.0. The van der Waals surface area contributed by atoms with Crippen LogP contribution in [0, 0.1) is 5.82 Å². The van der Waals surface area contributed by atoms with Crippen LogP contribution in [-0.4, -0.2) is 28.2 Å². The highest BCUT2D eigenvalue weighted by atomic mass is 32.1. The largest absolute Gasteiger partial charge is 0.497 e. The van der Waals surface area contributed by atoms with Crippen LogP contribution < -0.4 is 10.1 Å². The van der Waals surface area contributed by atoms with Gasteiger partial charge in [0.05, 0.1) is 30.1 Å². The first-order valence-corrected chi connectivity index (χ1v) is 11.5. The summed E-state index contributed by atoms with van der Waals surface area (Å²) in [6.45, 7) is 2.17. The van der Waals surface area contributed by atoms with Gasteiger partial charge in [-0.05, 0) is 53.8 Å². The molecule has 3 heterocycles. The second-order valence-corrected chi connectivity index (χ2v) is 8.72. The van der Waals surface area contributed by atoms with E-state index in [1.165, 1.54) is 23.5 Å². The van der Waals surface area contributed by atoms with E-state index < -0.39 is 6.04 Å². The van der Waals surface area contributed by atoms with Crippen LogP contribution in [-0.2, 0) is 6.54 Å². The molecule has 7 nitrogen and oxygen atoms in total. The van der Waals surface area contributed by atoms with Crippen molar-refractivity contribution in [3.05, 3.63) is 94.6 Å². The van der Waals surface area contributed by atoms with Gasteiger partial charge in [-0.25, -0.2) is 9.18 Å². The first-order chi connectivity index (χ1) is 16.5. The summed E-state index contributed by atoms with van der Waals surface area (Å²) in [6.07, 6.45) is 0. The molecule has 2 aromatic carbocycles. The van der Waals surface area contributed by atoms with Gasteiger partial charge in [-0.1, -0.05) is 35.5 Å². The SMILES string of the molecule is COc1cccc(CN2C(=O)NC(c3ccc(F)cc3)C(c3nc(-c4cccs4)no3)=C2C)c1. The van der Waals surface area contributed by atoms with E-state index in [1.54, 1.807) is 24.1 Å². The molecule has 0 aliphatic carbocycles. The molecule has 2 aromatic heterocycles. The van der Waals surface area contributed by atoms with E-state index in [0.717, 1.165) is 10.4 Å². The van der Waals surface area contributed by atoms with Gasteiger partial charge in [-0.2, -0.15) is 4.98 Å². The summed E-state index contributed by atoms with van der Waals surface area (Å²) in [6, 6.07) is 16.5. The van der Waals surface area contributed by atoms with Crippen molar-refractivity contribution in [2.24, 2.45) is 0 Å². The first-order valence-electron chi connectivity index (χ1n) is 10.6. The van der Waals surface area contributed by atoms with E-state index in [4.69, 9.17) is 9.26 Å². The van der Waals surface area contributed by atoms with E-state index in [1.807, 2.05) is 48.7 Å². The highest BCUT2D eigenvalue weighted by Gasteiger charge is 2.36. The summed E-state index contributed by atoms with van der Waals surface area (Å²) in [7, 11) is 1.60. The molecule has 0 saturated carbocycles. The van der Waals surface area contributed by atoms with Gasteiger partial charge in [0, 0.05) is 5.70 Å². The van der Waals surface area contributed by atoms with Gasteiger partial charge in [-0.3, -0.25) is 4.90 Å². The molecule has 1 N–H and O–H groups in total. The molecule has 1 aliphatic heterocycles. The molecular formula is C25H21FN4O3S. The minimum atomic E-state index is -0.578. The summed E-state index contributed by atoms with van der Waals surface area (Å²) in [5.41, 5.74) is 2.94. The molecule has 34 heavy (non-hydrogen) atoms. The van der Waals surface area contributed by atoms with E-state index in [9.17, 15) is 9.18 Å². The lowest BCUT2D eigenvalue weighted by atomic mass is 9.94. The predicted molar refractivity (Wildman–Crippen MR) is 126 cm³/mol. The van der Waals surface area contributed by atoms with Crippen LogP contribution in [0.5, 0.6) is 5.75 Å². The molecule has 172 valence electrons. The number of benzene rings is 2. The number of nitrogens with zero attached hydrogens (tertiary/aromatic N) is 3. The van der Waals surface area contributed by atoms with Crippen LogP contribution in [0.15, 0.2) is 76.3 Å². The van der Waals surface area contributed by atoms with Crippen molar-refractivity contribution in [1.29, 1.82) is 0 Å². The quantitative estimate of drug-likeness (QED) is 0.389. The van der Waals surface area contributed by atoms with Crippen molar-refractivity contribution in [3.63, 3.8) is 0 Å². The standard InChI is InChI=1S/C25H21FN4O3S/c1-15-21(24-28-23(29-33-24)20-7-4-12-34-20)22(17-8-10-18(26)11-9-17)27-25(31)30(15)14-16-5-3-6-19(13-16)32-2/h3-13,22H,14H2,1-2H3,(H,27,31). The van der Waals surface area contributed by atoms with Gasteiger partial charge < -0.3 is 14.6 Å². The molecule has 0 saturated heterocycles. The Morgan fingerprint density at radius 3 is 2.74 bits per heavy atom. The maximum atomic E-state index is 13.6. The average Bonchev–Trinajstić information content (AvgIpc) is 3.54. The Morgan fingerprint density at radius 2 is 2.00 bits per heavy atom. The van der Waals surface area contributed by atoms with Crippen molar-refractivity contribution in [2.75, 3.05) is 7.11 Å². The van der Waals surface area contributed by atoms with Gasteiger partial charge in [0.15, 0.2) is 0 Å². The maximum absolute atomic E-state index is 13.6. The minimum absolute atomic E-state index is 0.281. The number of carbonyl (C=O) groups is 1. The van der Waals surface area contributed by atoms with Gasteiger partial charge >= 0.3 is 6.03 Å². The van der Waals surface area contributed by atoms with Gasteiger partial charge in [-0.15, -0.1) is 11.3 Å². The lowest BCUT2D eigenvalue weighted by Gasteiger charge is -2.35. The number of nitrogens with one attached hydrogen (secondary N) is 1. The number of hydrogen-bond acceptors (Lipinski definition) is 6. The molecule has 1 unspecified atom stereocenters. The van der Waals surface area contributed by atoms with E-state index in [0.29, 0.717) is 40.8 Å². The number of rotatable bonds is 6. The molecule has 0 bridgehead atoms. The van der Waals surface area contributed by atoms with Crippen LogP contribution >= 0.6 is 11.3 Å². The Bertz CT molecular complexity index is 1350. The van der Waals surface area contributed by atoms with Crippen molar-refractivity contribution >= 4 is 22.9 Å². The van der Waals surface area contributed by atoms with Crippen molar-refractivity contribution < 1.29 is 18.4 Å². The number of carbonyl (C=O) groups excluding carboxylic acids is 1. The zero-order chi connectivity index (χ0) is 23.7. The third-order valence-electron chi connectivity index (χ3n) is 5.67. The molecule has 1 atom stereocenters. The Hall–Kier alpha value is -3.98. The Morgan fingerprint density at radius 1 is 1.18 bits per heavy atom. The second-order valence-electron chi connectivity index (χ2n) is 7.77. The van der Waals surface area contributed by atoms with Crippen LogP contribution in [0.3, 0.4) is 0 Å². The van der Waals surface area contributed by atoms with E-state index >= 15 is 0 Å². The van der Waals surface area contributed by atoms with E-state index in [2.05, 4.69) is 15.5 Å². The minimum Gasteiger partial charge on any atom is -0.497 e. The monoisotopic (exact) mass is 476 g/mol. The zero-order valence-electron chi connectivity index (χ0n) is 18.5. The van der Waals surface area contributed by atoms with Crippen molar-refractivity contribution in [1.82, 2.24) is 20.4 Å². The smallest absolute Gasteiger partial charge is 0.322 e. The number of amides is 2. The van der Waals surface area contributed by atoms with Crippen LogP contribution in [0.4, 0.5) is 9.18 Å². The third kappa shape index (κ3) is 4.17. The summed E-state index contributed by atoms with van der Waals surface area (Å²) in [5.74, 6) is 1.12. The molecule has 0 radical (unpaired) electrons. The zero-order valence-corrected chi connectivity index (χ0v) is 19.3. The fraction of sp³-hybridized carbons (Fsp3) is 0.160. The first kappa shape index (κ1) is 21.8. The number of methoxy groups -OCH3 is 1. The van der Waals surface area contributed by atoms with E-state index in [-0.39, 0.29) is 11.8 Å². The molecule has 0 spiro atoms. The topological polar surface area (TPSA) is 80.5 Å². The average molecular weight is 477 g/mol. The number of hydrogen-bond donors (Lipinski definition) is 1. The Labute approximate surface area is 199 Å². The van der Waals surface area contributed by atoms with Crippen molar-refractivity contribution in [2.45, 2.75) is 19.5 Å². The molecule has 5 rings (SSSR count). The molecule has 9 heteroatoms. The van der Waals surface area contributed by atoms with Crippen LogP contribution in [0.25, 0.3) is 16.3 Å². The second kappa shape index (κ2) is 9.11. The number of allylic oxidation sites excluding steroid dienone is 1. The number of thiophene rings is 1. The highest BCUT2D eigenvalue weighted by Crippen LogP contribution is 2.38. The lowest BCUT2D eigenvalue weighted by molar-refractivity contribution is 0.203. The summed E-state index contributed by atoms with van der Waals surface area (Å²) in [5, 5.41) is 9.11. The van der Waals surface area contributed by atoms with Gasteiger partial charge in [0.25, 0.3) is 5.89 Å². The van der Waals surface area contributed by atoms with Crippen LogP contribution in [0.2, 0.25) is 0 Å². The van der Waals surface area contributed by atoms with Gasteiger partial charge in [0.2, 0.25) is 5.82 Å². The highest BCUT2D eigenvalue weighted by molar-refractivity contribution is 7.13. The molecule has 1 aliphatic rings.